The molecule has 1 aromatic heterocycles. The van der Waals surface area contributed by atoms with Crippen LogP contribution in [-0.4, -0.2) is 21.5 Å². The number of amidine groups is 1. The van der Waals surface area contributed by atoms with Crippen molar-refractivity contribution in [3.63, 3.8) is 0 Å². The molecule has 0 N–H and O–H groups in total. The summed E-state index contributed by atoms with van der Waals surface area (Å²) in [5.74, 6) is 1.69. The molecule has 12 rings (SSSR count). The van der Waals surface area contributed by atoms with Gasteiger partial charge in [-0.1, -0.05) is 231 Å². The molecule has 0 saturated carbocycles. The van der Waals surface area contributed by atoms with Gasteiger partial charge < -0.3 is 0 Å². The fraction of sp³-hybridized carbons (Fsp3) is 0.0725. The van der Waals surface area contributed by atoms with Crippen LogP contribution >= 0.6 is 0 Å². The van der Waals surface area contributed by atoms with Crippen LogP contribution < -0.4 is 0 Å². The average molecular weight is 937 g/mol. The molecule has 2 aliphatic carbocycles. The second kappa shape index (κ2) is 20.7. The summed E-state index contributed by atoms with van der Waals surface area (Å²) < 4.78 is 0. The number of hydrogen-bond acceptors (Lipinski definition) is 4. The molecule has 348 valence electrons. The highest BCUT2D eigenvalue weighted by atomic mass is 14.9. The third-order valence-corrected chi connectivity index (χ3v) is 14.0. The van der Waals surface area contributed by atoms with Crippen LogP contribution in [0.3, 0.4) is 0 Å². The third kappa shape index (κ3) is 9.84. The van der Waals surface area contributed by atoms with Crippen LogP contribution in [0, 0.1) is 0 Å². The van der Waals surface area contributed by atoms with Gasteiger partial charge in [-0.15, -0.1) is 0 Å². The van der Waals surface area contributed by atoms with E-state index >= 15 is 0 Å². The summed E-state index contributed by atoms with van der Waals surface area (Å²) in [5.41, 5.74) is 20.2. The molecule has 0 bridgehead atoms. The summed E-state index contributed by atoms with van der Waals surface area (Å²) in [6.45, 7) is 0. The molecule has 0 fully saturated rings. The summed E-state index contributed by atoms with van der Waals surface area (Å²) in [6.07, 6.45) is 19.0. The van der Waals surface area contributed by atoms with Crippen molar-refractivity contribution in [2.24, 2.45) is 9.98 Å². The van der Waals surface area contributed by atoms with Crippen molar-refractivity contribution in [1.29, 1.82) is 0 Å². The Bertz CT molecular complexity index is 3720. The smallest absolute Gasteiger partial charge is 0.160 e. The van der Waals surface area contributed by atoms with Gasteiger partial charge in [-0.3, -0.25) is 0 Å². The maximum atomic E-state index is 5.58. The van der Waals surface area contributed by atoms with Crippen LogP contribution in [0.15, 0.2) is 271 Å². The molecule has 2 heterocycles. The van der Waals surface area contributed by atoms with Crippen molar-refractivity contribution in [2.45, 2.75) is 31.6 Å². The van der Waals surface area contributed by atoms with Crippen LogP contribution in [-0.2, 0) is 0 Å². The molecule has 1 aliphatic heterocycles. The lowest BCUT2D eigenvalue weighted by Gasteiger charge is -2.18. The van der Waals surface area contributed by atoms with Gasteiger partial charge in [-0.25, -0.2) is 20.0 Å². The first kappa shape index (κ1) is 45.0. The van der Waals surface area contributed by atoms with Gasteiger partial charge in [-0.05, 0) is 99.7 Å². The predicted molar refractivity (Wildman–Crippen MR) is 305 cm³/mol. The molecule has 73 heavy (non-hydrogen) atoms. The Morgan fingerprint density at radius 1 is 0.411 bits per heavy atom. The second-order valence-electron chi connectivity index (χ2n) is 18.7. The van der Waals surface area contributed by atoms with Gasteiger partial charge >= 0.3 is 0 Å². The lowest BCUT2D eigenvalue weighted by Crippen LogP contribution is -2.08. The van der Waals surface area contributed by atoms with Crippen molar-refractivity contribution >= 4 is 28.4 Å². The number of benzene rings is 8. The summed E-state index contributed by atoms with van der Waals surface area (Å²) in [4.78, 5) is 21.9. The number of rotatable bonds is 11. The van der Waals surface area contributed by atoms with Crippen LogP contribution in [0.2, 0.25) is 0 Å². The van der Waals surface area contributed by atoms with E-state index in [1.807, 2.05) is 0 Å². The van der Waals surface area contributed by atoms with Crippen molar-refractivity contribution in [3.8, 4) is 55.9 Å². The van der Waals surface area contributed by atoms with Crippen LogP contribution in [0.5, 0.6) is 0 Å². The van der Waals surface area contributed by atoms with Crippen LogP contribution in [0.1, 0.15) is 65.2 Å². The summed E-state index contributed by atoms with van der Waals surface area (Å²) in [5, 5.41) is 0. The zero-order valence-corrected chi connectivity index (χ0v) is 40.5. The van der Waals surface area contributed by atoms with E-state index in [2.05, 4.69) is 261 Å². The van der Waals surface area contributed by atoms with Gasteiger partial charge in [-0.2, -0.15) is 0 Å². The zero-order chi connectivity index (χ0) is 48.8. The van der Waals surface area contributed by atoms with Gasteiger partial charge in [0, 0.05) is 45.7 Å². The molecular weight excluding hydrogens is 885 g/mol. The first-order valence-electron chi connectivity index (χ1n) is 25.3. The molecule has 4 nitrogen and oxygen atoms in total. The maximum Gasteiger partial charge on any atom is 0.160 e. The standard InChI is InChI=1S/C69H52N4/c1-5-21-48(22-6-1)52-29-17-33-56(43-52)64-41-42-65(71-68(70-64)58-35-19-31-54(45-58)50-25-9-3-10-26-50)62-39-15-13-37-60(62)61-38-14-16-40-63(61)67-47-66(57-34-18-30-53(44-57)49-23-7-2-8-24-49)72-69(73-67)59-36-20-32-55(46-59)51-27-11-4-12-28-51/h1-19,21-25,27-31,33-41,43-47,50H,20,26,32,42H2. The van der Waals surface area contributed by atoms with E-state index < -0.39 is 0 Å². The van der Waals surface area contributed by atoms with E-state index in [0.717, 1.165) is 103 Å². The molecule has 3 aliphatic rings. The number of allylic oxidation sites excluding steroid dienone is 9. The first-order valence-corrected chi connectivity index (χ1v) is 25.3. The fourth-order valence-corrected chi connectivity index (χ4v) is 10.3. The highest BCUT2D eigenvalue weighted by Gasteiger charge is 2.22. The van der Waals surface area contributed by atoms with Crippen LogP contribution in [0.4, 0.5) is 0 Å². The molecule has 8 aromatic carbocycles. The monoisotopic (exact) mass is 936 g/mol. The SMILES string of the molecule is C1=CCC(c2cccc(C3=NC(c4cccc(-c5ccccc5)c4)=CCC(c4ccccc4-c4ccccc4-c4cc(-c5cccc(-c6ccccc6)c5)nc(C5=CCCC(c6ccccc6)=C5)n4)=N3)c2)C=C1. The Balaban J connectivity index is 0.987. The molecule has 1 unspecified atom stereocenters. The van der Waals surface area contributed by atoms with Gasteiger partial charge in [0.05, 0.1) is 22.8 Å². The van der Waals surface area contributed by atoms with E-state index in [9.17, 15) is 0 Å². The van der Waals surface area contributed by atoms with E-state index in [1.54, 1.807) is 0 Å². The predicted octanol–water partition coefficient (Wildman–Crippen LogP) is 17.4. The number of aliphatic imine (C=N–C) groups is 2. The Kier molecular flexibility index (Phi) is 12.8. The number of aromatic nitrogens is 2. The summed E-state index contributed by atoms with van der Waals surface area (Å²) in [6, 6.07) is 77.5. The summed E-state index contributed by atoms with van der Waals surface area (Å²) >= 11 is 0. The Morgan fingerprint density at radius 3 is 1.70 bits per heavy atom. The largest absolute Gasteiger partial charge is 0.232 e. The minimum atomic E-state index is 0.293. The van der Waals surface area contributed by atoms with E-state index in [1.165, 1.54) is 22.3 Å². The van der Waals surface area contributed by atoms with Crippen molar-refractivity contribution in [3.05, 3.63) is 295 Å². The van der Waals surface area contributed by atoms with Crippen molar-refractivity contribution in [2.75, 3.05) is 0 Å². The van der Waals surface area contributed by atoms with Crippen LogP contribution in [0.25, 0.3) is 72.7 Å². The van der Waals surface area contributed by atoms with E-state index in [0.29, 0.717) is 24.0 Å². The fourth-order valence-electron chi connectivity index (χ4n) is 10.3. The second-order valence-corrected chi connectivity index (χ2v) is 18.7. The van der Waals surface area contributed by atoms with Crippen molar-refractivity contribution in [1.82, 2.24) is 9.97 Å². The maximum absolute atomic E-state index is 5.58. The number of hydrogen-bond donors (Lipinski definition) is 0. The quantitative estimate of drug-likeness (QED) is 0.130. The molecule has 1 atom stereocenters. The topological polar surface area (TPSA) is 50.5 Å². The van der Waals surface area contributed by atoms with Gasteiger partial charge in [0.15, 0.2) is 11.7 Å². The summed E-state index contributed by atoms with van der Waals surface area (Å²) in [7, 11) is 0. The molecule has 0 saturated heterocycles. The van der Waals surface area contributed by atoms with E-state index in [-0.39, 0.29) is 0 Å². The van der Waals surface area contributed by atoms with Gasteiger partial charge in [0.1, 0.15) is 0 Å². The molecule has 4 heteroatoms. The van der Waals surface area contributed by atoms with E-state index in [4.69, 9.17) is 20.0 Å². The molecular formula is C69H52N4. The Morgan fingerprint density at radius 2 is 0.986 bits per heavy atom. The third-order valence-electron chi connectivity index (χ3n) is 14.0. The first-order chi connectivity index (χ1) is 36.2. The molecule has 0 amide bonds. The minimum absolute atomic E-state index is 0.293. The zero-order valence-electron chi connectivity index (χ0n) is 40.5. The molecule has 0 spiro atoms. The lowest BCUT2D eigenvalue weighted by atomic mass is 9.90. The van der Waals surface area contributed by atoms with Gasteiger partial charge in [0.2, 0.25) is 0 Å². The minimum Gasteiger partial charge on any atom is -0.232 e. The van der Waals surface area contributed by atoms with Crippen molar-refractivity contribution < 1.29 is 0 Å². The highest BCUT2D eigenvalue weighted by Crippen LogP contribution is 2.39. The molecule has 0 radical (unpaired) electrons. The molecule has 9 aromatic rings. The Labute approximate surface area is 428 Å². The highest BCUT2D eigenvalue weighted by molar-refractivity contribution is 6.17. The normalized spacial score (nSPS) is 15.3. The number of nitrogens with zero attached hydrogens (tertiary/aromatic N) is 4. The average Bonchev–Trinajstić information content (AvgIpc) is 3.72. The lowest BCUT2D eigenvalue weighted by molar-refractivity contribution is 0.853. The Hall–Kier alpha value is -9.12. The van der Waals surface area contributed by atoms with Gasteiger partial charge in [0.25, 0.3) is 0 Å².